The van der Waals surface area contributed by atoms with Crippen LogP contribution in [0, 0.1) is 11.3 Å². The minimum absolute atomic E-state index is 0.207. The van der Waals surface area contributed by atoms with E-state index in [0.717, 1.165) is 5.56 Å². The van der Waals surface area contributed by atoms with Crippen LogP contribution in [0.2, 0.25) is 5.02 Å². The molecule has 0 atom stereocenters. The zero-order chi connectivity index (χ0) is 18.4. The number of hydrogen-bond donors (Lipinski definition) is 2. The van der Waals surface area contributed by atoms with Gasteiger partial charge in [0.15, 0.2) is 0 Å². The normalized spacial score (nSPS) is 10.0. The van der Waals surface area contributed by atoms with E-state index in [4.69, 9.17) is 16.9 Å². The topological polar surface area (TPSA) is 90.7 Å². The van der Waals surface area contributed by atoms with Gasteiger partial charge in [-0.05, 0) is 29.8 Å². The number of rotatable bonds is 5. The molecule has 1 heterocycles. The molecule has 0 saturated carbocycles. The summed E-state index contributed by atoms with van der Waals surface area (Å²) >= 11 is 5.83. The van der Waals surface area contributed by atoms with E-state index in [2.05, 4.69) is 26.7 Å². The lowest BCUT2D eigenvalue weighted by Gasteiger charge is -2.08. The van der Waals surface area contributed by atoms with Gasteiger partial charge in [-0.2, -0.15) is 5.26 Å². The van der Waals surface area contributed by atoms with Crippen LogP contribution in [0.5, 0.6) is 0 Å². The van der Waals surface area contributed by atoms with Crippen molar-refractivity contribution >= 4 is 29.0 Å². The molecule has 2 N–H and O–H groups in total. The van der Waals surface area contributed by atoms with Gasteiger partial charge in [0, 0.05) is 11.6 Å². The van der Waals surface area contributed by atoms with Crippen LogP contribution in [-0.4, -0.2) is 15.9 Å². The van der Waals surface area contributed by atoms with Gasteiger partial charge < -0.3 is 10.6 Å². The first-order valence-electron chi connectivity index (χ1n) is 7.76. The van der Waals surface area contributed by atoms with E-state index in [0.29, 0.717) is 28.6 Å². The van der Waals surface area contributed by atoms with Crippen LogP contribution in [0.3, 0.4) is 0 Å². The second-order valence-corrected chi connectivity index (χ2v) is 5.81. The van der Waals surface area contributed by atoms with Gasteiger partial charge in [-0.3, -0.25) is 4.79 Å². The van der Waals surface area contributed by atoms with Crippen molar-refractivity contribution < 1.29 is 4.79 Å². The van der Waals surface area contributed by atoms with Crippen LogP contribution in [0.15, 0.2) is 60.9 Å². The van der Waals surface area contributed by atoms with Crippen LogP contribution < -0.4 is 10.6 Å². The summed E-state index contributed by atoms with van der Waals surface area (Å²) in [6, 6.07) is 16.4. The molecule has 0 fully saturated rings. The lowest BCUT2D eigenvalue weighted by Crippen LogP contribution is -2.24. The number of anilines is 2. The van der Waals surface area contributed by atoms with Crippen LogP contribution in [0.1, 0.15) is 21.6 Å². The number of amides is 1. The summed E-state index contributed by atoms with van der Waals surface area (Å²) in [6.45, 7) is 0.368. The van der Waals surface area contributed by atoms with E-state index >= 15 is 0 Å². The molecule has 0 radical (unpaired) electrons. The lowest BCUT2D eigenvalue weighted by molar-refractivity contribution is 0.0945. The Morgan fingerprint density at radius 3 is 2.54 bits per heavy atom. The zero-order valence-electron chi connectivity index (χ0n) is 13.6. The molecule has 0 saturated heterocycles. The van der Waals surface area contributed by atoms with Crippen LogP contribution in [-0.2, 0) is 6.54 Å². The predicted molar refractivity (Wildman–Crippen MR) is 99.1 cm³/mol. The maximum Gasteiger partial charge on any atom is 0.271 e. The molecule has 1 amide bonds. The summed E-state index contributed by atoms with van der Waals surface area (Å²) in [7, 11) is 0. The number of halogens is 1. The van der Waals surface area contributed by atoms with Crippen LogP contribution in [0.25, 0.3) is 0 Å². The highest BCUT2D eigenvalue weighted by molar-refractivity contribution is 6.30. The molecule has 7 heteroatoms. The Balaban J connectivity index is 1.62. The van der Waals surface area contributed by atoms with Crippen molar-refractivity contribution in [2.75, 3.05) is 5.32 Å². The van der Waals surface area contributed by atoms with Crippen LogP contribution in [0.4, 0.5) is 11.5 Å². The van der Waals surface area contributed by atoms with Gasteiger partial charge in [0.2, 0.25) is 0 Å². The molecular weight excluding hydrogens is 350 g/mol. The number of hydrogen-bond acceptors (Lipinski definition) is 5. The summed E-state index contributed by atoms with van der Waals surface area (Å²) < 4.78 is 0. The molecule has 0 unspecified atom stereocenters. The third kappa shape index (κ3) is 4.35. The van der Waals surface area contributed by atoms with Gasteiger partial charge in [0.25, 0.3) is 5.91 Å². The second kappa shape index (κ2) is 8.10. The summed E-state index contributed by atoms with van der Waals surface area (Å²) in [5, 5.41) is 15.5. The zero-order valence-corrected chi connectivity index (χ0v) is 14.4. The molecule has 2 aromatic carbocycles. The van der Waals surface area contributed by atoms with E-state index < -0.39 is 0 Å². The predicted octanol–water partition coefficient (Wildman–Crippen LogP) is 3.68. The highest BCUT2D eigenvalue weighted by Crippen LogP contribution is 2.18. The Kier molecular flexibility index (Phi) is 5.42. The first-order chi connectivity index (χ1) is 12.7. The average Bonchev–Trinajstić information content (AvgIpc) is 2.68. The number of nitrogens with zero attached hydrogens (tertiary/aromatic N) is 3. The minimum atomic E-state index is -0.323. The number of nitrogens with one attached hydrogen (secondary N) is 2. The van der Waals surface area contributed by atoms with E-state index in [9.17, 15) is 4.79 Å². The van der Waals surface area contributed by atoms with Gasteiger partial charge in [-0.15, -0.1) is 0 Å². The number of para-hydroxylation sites is 1. The maximum atomic E-state index is 12.2. The second-order valence-electron chi connectivity index (χ2n) is 5.38. The molecule has 0 aliphatic rings. The fourth-order valence-corrected chi connectivity index (χ4v) is 2.34. The molecule has 0 aliphatic carbocycles. The summed E-state index contributed by atoms with van der Waals surface area (Å²) in [5.74, 6) is 0.123. The van der Waals surface area contributed by atoms with Crippen molar-refractivity contribution in [2.24, 2.45) is 0 Å². The highest BCUT2D eigenvalue weighted by Gasteiger charge is 2.09. The Morgan fingerprint density at radius 1 is 1.08 bits per heavy atom. The minimum Gasteiger partial charge on any atom is -0.347 e. The Bertz CT molecular complexity index is 949. The maximum absolute atomic E-state index is 12.2. The molecular formula is C19H14ClN5O. The molecule has 6 nitrogen and oxygen atoms in total. The average molecular weight is 364 g/mol. The number of carbonyl (C=O) groups is 1. The number of benzene rings is 2. The SMILES string of the molecule is N#Cc1ccccc1Nc1cnc(C(=O)NCc2ccc(Cl)cc2)cn1. The summed E-state index contributed by atoms with van der Waals surface area (Å²) in [4.78, 5) is 20.4. The van der Waals surface area contributed by atoms with Crippen molar-refractivity contribution in [3.63, 3.8) is 0 Å². The van der Waals surface area contributed by atoms with E-state index in [-0.39, 0.29) is 11.6 Å². The van der Waals surface area contributed by atoms with Crippen LogP contribution >= 0.6 is 11.6 Å². The van der Waals surface area contributed by atoms with Crippen molar-refractivity contribution in [2.45, 2.75) is 6.54 Å². The van der Waals surface area contributed by atoms with Gasteiger partial charge in [0.1, 0.15) is 17.6 Å². The Morgan fingerprint density at radius 2 is 1.85 bits per heavy atom. The Hall–Kier alpha value is -3.43. The standard InChI is InChI=1S/C19H14ClN5O/c20-15-7-5-13(6-8-15)10-24-19(26)17-11-23-18(12-22-17)25-16-4-2-1-3-14(16)9-21/h1-8,11-12H,10H2,(H,23,25)(H,24,26). The molecule has 3 rings (SSSR count). The molecule has 0 aliphatic heterocycles. The van der Waals surface area contributed by atoms with E-state index in [1.807, 2.05) is 18.2 Å². The molecule has 0 bridgehead atoms. The van der Waals surface area contributed by atoms with Crippen molar-refractivity contribution in [1.82, 2.24) is 15.3 Å². The van der Waals surface area contributed by atoms with E-state index in [1.54, 1.807) is 30.3 Å². The highest BCUT2D eigenvalue weighted by atomic mass is 35.5. The van der Waals surface area contributed by atoms with Crippen molar-refractivity contribution in [3.8, 4) is 6.07 Å². The fraction of sp³-hybridized carbons (Fsp3) is 0.0526. The first-order valence-corrected chi connectivity index (χ1v) is 8.14. The van der Waals surface area contributed by atoms with Gasteiger partial charge >= 0.3 is 0 Å². The number of carbonyl (C=O) groups excluding carboxylic acids is 1. The largest absolute Gasteiger partial charge is 0.347 e. The molecule has 3 aromatic rings. The smallest absolute Gasteiger partial charge is 0.271 e. The third-order valence-electron chi connectivity index (χ3n) is 3.56. The van der Waals surface area contributed by atoms with Gasteiger partial charge in [-0.25, -0.2) is 9.97 Å². The number of nitriles is 1. The van der Waals surface area contributed by atoms with E-state index in [1.165, 1.54) is 12.4 Å². The third-order valence-corrected chi connectivity index (χ3v) is 3.81. The number of aromatic nitrogens is 2. The lowest BCUT2D eigenvalue weighted by atomic mass is 10.2. The summed E-state index contributed by atoms with van der Waals surface area (Å²) in [6.07, 6.45) is 2.83. The fourth-order valence-electron chi connectivity index (χ4n) is 2.21. The quantitative estimate of drug-likeness (QED) is 0.721. The van der Waals surface area contributed by atoms with Gasteiger partial charge in [0.05, 0.1) is 23.6 Å². The summed E-state index contributed by atoms with van der Waals surface area (Å²) in [5.41, 5.74) is 2.27. The van der Waals surface area contributed by atoms with Crippen molar-refractivity contribution in [3.05, 3.63) is 82.8 Å². The monoisotopic (exact) mass is 363 g/mol. The van der Waals surface area contributed by atoms with Gasteiger partial charge in [-0.1, -0.05) is 35.9 Å². The molecule has 128 valence electrons. The molecule has 26 heavy (non-hydrogen) atoms. The van der Waals surface area contributed by atoms with Crippen molar-refractivity contribution in [1.29, 1.82) is 5.26 Å². The Labute approximate surface area is 155 Å². The molecule has 1 aromatic heterocycles. The molecule has 0 spiro atoms. The first kappa shape index (κ1) is 17.4.